The summed E-state index contributed by atoms with van der Waals surface area (Å²) in [6, 6.07) is 9.29. The fourth-order valence-electron chi connectivity index (χ4n) is 3.03. The van der Waals surface area contributed by atoms with Crippen molar-refractivity contribution >= 4 is 50.5 Å². The zero-order valence-corrected chi connectivity index (χ0v) is 18.9. The van der Waals surface area contributed by atoms with Crippen LogP contribution in [0, 0.1) is 6.92 Å². The number of thiazole rings is 1. The summed E-state index contributed by atoms with van der Waals surface area (Å²) in [6.45, 7) is 2.14. The van der Waals surface area contributed by atoms with Gasteiger partial charge in [-0.2, -0.15) is 0 Å². The van der Waals surface area contributed by atoms with Gasteiger partial charge in [-0.25, -0.2) is 9.97 Å². The number of amides is 1. The van der Waals surface area contributed by atoms with E-state index in [0.717, 1.165) is 11.3 Å². The summed E-state index contributed by atoms with van der Waals surface area (Å²) in [7, 11) is 0. The SMILES string of the molecule is Cc1ccccc1NC(=O)Cc1nc(COC(=O)CCn2cnc3sccc3c2=O)cs1. The summed E-state index contributed by atoms with van der Waals surface area (Å²) in [5, 5.41) is 7.64. The summed E-state index contributed by atoms with van der Waals surface area (Å²) in [4.78, 5) is 46.0. The van der Waals surface area contributed by atoms with Gasteiger partial charge in [-0.1, -0.05) is 18.2 Å². The molecule has 0 bridgehead atoms. The van der Waals surface area contributed by atoms with Crippen LogP contribution in [0.1, 0.15) is 22.7 Å². The highest BCUT2D eigenvalue weighted by molar-refractivity contribution is 7.16. The van der Waals surface area contributed by atoms with Crippen LogP contribution < -0.4 is 10.9 Å². The van der Waals surface area contributed by atoms with Gasteiger partial charge in [-0.15, -0.1) is 22.7 Å². The molecule has 32 heavy (non-hydrogen) atoms. The van der Waals surface area contributed by atoms with Crippen molar-refractivity contribution in [3.63, 3.8) is 0 Å². The molecule has 0 aliphatic heterocycles. The molecule has 3 heterocycles. The largest absolute Gasteiger partial charge is 0.459 e. The summed E-state index contributed by atoms with van der Waals surface area (Å²) in [5.74, 6) is -0.590. The number of aryl methyl sites for hydroxylation is 2. The maximum atomic E-state index is 12.3. The normalized spacial score (nSPS) is 10.9. The number of aromatic nitrogens is 3. The molecule has 1 aromatic carbocycles. The molecule has 0 aliphatic carbocycles. The van der Waals surface area contributed by atoms with Gasteiger partial charge >= 0.3 is 5.97 Å². The van der Waals surface area contributed by atoms with E-state index in [2.05, 4.69) is 15.3 Å². The van der Waals surface area contributed by atoms with Crippen molar-refractivity contribution in [3.05, 3.63) is 74.0 Å². The molecule has 4 rings (SSSR count). The Morgan fingerprint density at radius 2 is 2.03 bits per heavy atom. The van der Waals surface area contributed by atoms with Crippen LogP contribution >= 0.6 is 22.7 Å². The number of nitrogens with zero attached hydrogens (tertiary/aromatic N) is 3. The number of carbonyl (C=O) groups is 2. The van der Waals surface area contributed by atoms with E-state index in [1.807, 2.05) is 36.6 Å². The number of hydrogen-bond acceptors (Lipinski definition) is 8. The third kappa shape index (κ3) is 5.27. The van der Waals surface area contributed by atoms with Gasteiger partial charge in [0.25, 0.3) is 5.56 Å². The van der Waals surface area contributed by atoms with Gasteiger partial charge in [0.1, 0.15) is 16.4 Å². The predicted octanol–water partition coefficient (Wildman–Crippen LogP) is 3.54. The second-order valence-electron chi connectivity index (χ2n) is 7.07. The Morgan fingerprint density at radius 3 is 2.88 bits per heavy atom. The number of para-hydroxylation sites is 1. The first-order chi connectivity index (χ1) is 15.5. The fourth-order valence-corrected chi connectivity index (χ4v) is 4.53. The summed E-state index contributed by atoms with van der Waals surface area (Å²) < 4.78 is 6.67. The molecule has 3 aromatic heterocycles. The molecule has 0 fully saturated rings. The third-order valence-corrected chi connectivity index (χ3v) is 6.44. The van der Waals surface area contributed by atoms with Crippen LogP contribution in [0.15, 0.2) is 52.2 Å². The zero-order chi connectivity index (χ0) is 22.5. The van der Waals surface area contributed by atoms with Crippen LogP contribution in [0.5, 0.6) is 0 Å². The van der Waals surface area contributed by atoms with Crippen LogP contribution in [0.2, 0.25) is 0 Å². The van der Waals surface area contributed by atoms with Crippen molar-refractivity contribution in [2.45, 2.75) is 32.9 Å². The Bertz CT molecular complexity index is 1320. The minimum Gasteiger partial charge on any atom is -0.459 e. The first kappa shape index (κ1) is 21.8. The van der Waals surface area contributed by atoms with Crippen LogP contribution in [-0.2, 0) is 33.9 Å². The van der Waals surface area contributed by atoms with Crippen molar-refractivity contribution < 1.29 is 14.3 Å². The standard InChI is InChI=1S/C22H20N4O4S2/c1-14-4-2-3-5-17(14)25-18(27)10-19-24-15(12-32-19)11-30-20(28)6-8-26-13-23-21-16(22(26)29)7-9-31-21/h2-5,7,9,12-13H,6,8,10-11H2,1H3,(H,25,27). The van der Waals surface area contributed by atoms with Crippen molar-refractivity contribution in [2.24, 2.45) is 0 Å². The number of rotatable bonds is 8. The molecule has 10 heteroatoms. The van der Waals surface area contributed by atoms with Gasteiger partial charge in [-0.3, -0.25) is 19.0 Å². The third-order valence-electron chi connectivity index (χ3n) is 4.72. The van der Waals surface area contributed by atoms with Crippen molar-refractivity contribution in [1.82, 2.24) is 14.5 Å². The lowest BCUT2D eigenvalue weighted by Gasteiger charge is -2.07. The molecule has 1 N–H and O–H groups in total. The highest BCUT2D eigenvalue weighted by atomic mass is 32.1. The number of hydrogen-bond donors (Lipinski definition) is 1. The topological polar surface area (TPSA) is 103 Å². The minimum atomic E-state index is -0.436. The van der Waals surface area contributed by atoms with E-state index in [1.54, 1.807) is 11.4 Å². The van der Waals surface area contributed by atoms with Crippen molar-refractivity contribution in [3.8, 4) is 0 Å². The number of benzene rings is 1. The lowest BCUT2D eigenvalue weighted by atomic mass is 10.2. The van der Waals surface area contributed by atoms with Gasteiger partial charge in [0.15, 0.2) is 0 Å². The summed E-state index contributed by atoms with van der Waals surface area (Å²) >= 11 is 2.74. The van der Waals surface area contributed by atoms with E-state index in [9.17, 15) is 14.4 Å². The van der Waals surface area contributed by atoms with Crippen molar-refractivity contribution in [1.29, 1.82) is 0 Å². The highest BCUT2D eigenvalue weighted by Crippen LogP contribution is 2.16. The monoisotopic (exact) mass is 468 g/mol. The van der Waals surface area contributed by atoms with Crippen LogP contribution in [0.25, 0.3) is 10.2 Å². The smallest absolute Gasteiger partial charge is 0.307 e. The molecular formula is C22H20N4O4S2. The zero-order valence-electron chi connectivity index (χ0n) is 17.2. The Balaban J connectivity index is 1.25. The Labute approximate surface area is 191 Å². The van der Waals surface area contributed by atoms with E-state index in [4.69, 9.17) is 4.74 Å². The molecule has 1 amide bonds. The predicted molar refractivity (Wildman–Crippen MR) is 124 cm³/mol. The molecule has 8 nitrogen and oxygen atoms in total. The van der Waals surface area contributed by atoms with E-state index in [-0.39, 0.29) is 37.5 Å². The molecule has 0 aliphatic rings. The maximum absolute atomic E-state index is 12.3. The number of carbonyl (C=O) groups excluding carboxylic acids is 2. The van der Waals surface area contributed by atoms with Crippen molar-refractivity contribution in [2.75, 3.05) is 5.32 Å². The molecular weight excluding hydrogens is 448 g/mol. The van der Waals surface area contributed by atoms with E-state index >= 15 is 0 Å². The quantitative estimate of drug-likeness (QED) is 0.397. The molecule has 0 spiro atoms. The lowest BCUT2D eigenvalue weighted by Crippen LogP contribution is -2.21. The molecule has 164 valence electrons. The fraction of sp³-hybridized carbons (Fsp3) is 0.227. The first-order valence-electron chi connectivity index (χ1n) is 9.86. The molecule has 4 aromatic rings. The molecule has 0 saturated carbocycles. The Morgan fingerprint density at radius 1 is 1.19 bits per heavy atom. The van der Waals surface area contributed by atoms with Gasteiger partial charge in [0.05, 0.1) is 30.2 Å². The summed E-state index contributed by atoms with van der Waals surface area (Å²) in [5.41, 5.74) is 2.18. The molecule has 0 atom stereocenters. The second-order valence-corrected chi connectivity index (χ2v) is 8.90. The van der Waals surface area contributed by atoms with Gasteiger partial charge in [0, 0.05) is 17.6 Å². The number of nitrogens with one attached hydrogen (secondary N) is 1. The minimum absolute atomic E-state index is 0.0193. The Hall–Kier alpha value is -3.37. The number of ether oxygens (including phenoxy) is 1. The highest BCUT2D eigenvalue weighted by Gasteiger charge is 2.12. The van der Waals surface area contributed by atoms with Gasteiger partial charge in [0.2, 0.25) is 5.91 Å². The van der Waals surface area contributed by atoms with E-state index in [0.29, 0.717) is 20.9 Å². The van der Waals surface area contributed by atoms with Crippen LogP contribution in [-0.4, -0.2) is 26.4 Å². The number of thiophene rings is 1. The summed E-state index contributed by atoms with van der Waals surface area (Å²) in [6.07, 6.45) is 1.64. The van der Waals surface area contributed by atoms with Crippen LogP contribution in [0.4, 0.5) is 5.69 Å². The average Bonchev–Trinajstić information content (AvgIpc) is 3.43. The average molecular weight is 469 g/mol. The van der Waals surface area contributed by atoms with Gasteiger partial charge < -0.3 is 10.1 Å². The number of anilines is 1. The van der Waals surface area contributed by atoms with E-state index in [1.165, 1.54) is 33.6 Å². The van der Waals surface area contributed by atoms with Crippen LogP contribution in [0.3, 0.4) is 0 Å². The lowest BCUT2D eigenvalue weighted by molar-refractivity contribution is -0.145. The first-order valence-corrected chi connectivity index (χ1v) is 11.6. The van der Waals surface area contributed by atoms with Gasteiger partial charge in [-0.05, 0) is 30.0 Å². The number of esters is 1. The van der Waals surface area contributed by atoms with E-state index < -0.39 is 5.97 Å². The molecule has 0 saturated heterocycles. The maximum Gasteiger partial charge on any atom is 0.307 e. The molecule has 0 unspecified atom stereocenters. The Kier molecular flexibility index (Phi) is 6.72. The molecule has 0 radical (unpaired) electrons. The second kappa shape index (κ2) is 9.84. The number of fused-ring (bicyclic) bond motifs is 1.